The number of fused-ring (bicyclic) bond motifs is 1. The fourth-order valence-electron chi connectivity index (χ4n) is 2.23. The number of hydrogen-bond donors (Lipinski definition) is 1. The van der Waals surface area contributed by atoms with Crippen molar-refractivity contribution in [3.05, 3.63) is 18.2 Å². The fourth-order valence-corrected chi connectivity index (χ4v) is 3.41. The van der Waals surface area contributed by atoms with Crippen molar-refractivity contribution in [2.75, 3.05) is 16.9 Å². The molecule has 1 aromatic heterocycles. The summed E-state index contributed by atoms with van der Waals surface area (Å²) in [5, 5.41) is 10.3. The van der Waals surface area contributed by atoms with E-state index < -0.39 is 6.04 Å². The molecule has 110 valence electrons. The van der Waals surface area contributed by atoms with E-state index in [1.54, 1.807) is 41.8 Å². The molecule has 1 aliphatic heterocycles. The van der Waals surface area contributed by atoms with Crippen molar-refractivity contribution >= 4 is 40.3 Å². The Bertz CT molecular complexity index is 687. The van der Waals surface area contributed by atoms with Crippen LogP contribution in [0.2, 0.25) is 0 Å². The Labute approximate surface area is 125 Å². The Balaban J connectivity index is 1.80. The molecule has 8 heteroatoms. The third-order valence-corrected chi connectivity index (χ3v) is 4.36. The van der Waals surface area contributed by atoms with Gasteiger partial charge in [-0.15, -0.1) is 11.8 Å². The van der Waals surface area contributed by atoms with E-state index in [-0.39, 0.29) is 11.8 Å². The van der Waals surface area contributed by atoms with Gasteiger partial charge in [0.05, 0.1) is 11.6 Å². The number of nitrogens with zero attached hydrogens (tertiary/aromatic N) is 3. The first-order valence-electron chi connectivity index (χ1n) is 6.60. The van der Waals surface area contributed by atoms with Crippen LogP contribution >= 0.6 is 11.8 Å². The minimum absolute atomic E-state index is 0.0125. The molecule has 21 heavy (non-hydrogen) atoms. The number of benzene rings is 1. The molecule has 1 N–H and O–H groups in total. The zero-order chi connectivity index (χ0) is 14.8. The highest BCUT2D eigenvalue weighted by Gasteiger charge is 2.34. The molecule has 0 aliphatic carbocycles. The fraction of sp³-hybridized carbons (Fsp3) is 0.385. The van der Waals surface area contributed by atoms with Crippen molar-refractivity contribution in [3.8, 4) is 0 Å². The van der Waals surface area contributed by atoms with E-state index in [1.165, 1.54) is 0 Å². The van der Waals surface area contributed by atoms with Gasteiger partial charge in [-0.1, -0.05) is 13.0 Å². The summed E-state index contributed by atoms with van der Waals surface area (Å²) in [6.07, 6.45) is 0.396. The van der Waals surface area contributed by atoms with Crippen molar-refractivity contribution in [1.82, 2.24) is 15.2 Å². The molecule has 0 radical (unpaired) electrons. The van der Waals surface area contributed by atoms with Gasteiger partial charge in [0, 0.05) is 12.2 Å². The van der Waals surface area contributed by atoms with Crippen LogP contribution in [-0.2, 0) is 9.59 Å². The molecule has 1 fully saturated rings. The third-order valence-electron chi connectivity index (χ3n) is 3.35. The molecule has 0 spiro atoms. The molecule has 0 bridgehead atoms. The first-order valence-corrected chi connectivity index (χ1v) is 7.75. The maximum atomic E-state index is 12.4. The number of rotatable bonds is 3. The molecule has 7 nitrogen and oxygen atoms in total. The molecule has 2 amide bonds. The second-order valence-corrected chi connectivity index (χ2v) is 5.66. The van der Waals surface area contributed by atoms with Crippen LogP contribution in [0.3, 0.4) is 0 Å². The van der Waals surface area contributed by atoms with Gasteiger partial charge in [0.2, 0.25) is 11.8 Å². The van der Waals surface area contributed by atoms with Crippen LogP contribution in [-0.4, -0.2) is 44.7 Å². The van der Waals surface area contributed by atoms with Gasteiger partial charge >= 0.3 is 0 Å². The van der Waals surface area contributed by atoms with Crippen LogP contribution in [0, 0.1) is 0 Å². The highest BCUT2D eigenvalue weighted by Crippen LogP contribution is 2.25. The van der Waals surface area contributed by atoms with Gasteiger partial charge in [0.15, 0.2) is 5.52 Å². The molecule has 3 rings (SSSR count). The molecule has 1 saturated heterocycles. The lowest BCUT2D eigenvalue weighted by Crippen LogP contribution is -2.44. The summed E-state index contributed by atoms with van der Waals surface area (Å²) in [5.41, 5.74) is 1.62. The first-order chi connectivity index (χ1) is 10.2. The average Bonchev–Trinajstić information content (AvgIpc) is 3.15. The standard InChI is InChI=1S/C13H14N4O3S/c1-2-11(18)17-7-21-6-10(17)13(19)14-8-4-3-5-9-12(8)16-20-15-9/h3-5,10H,2,6-7H2,1H3,(H,14,19)/t10-/m1/s1. The molecule has 0 saturated carbocycles. The second kappa shape index (κ2) is 5.72. The summed E-state index contributed by atoms with van der Waals surface area (Å²) in [7, 11) is 0. The SMILES string of the molecule is CCC(=O)N1CSC[C@@H]1C(=O)Nc1cccc2nonc12. The number of aromatic nitrogens is 2. The van der Waals surface area contributed by atoms with Crippen LogP contribution in [0.15, 0.2) is 22.8 Å². The summed E-state index contributed by atoms with van der Waals surface area (Å²) in [6.45, 7) is 1.79. The van der Waals surface area contributed by atoms with Crippen LogP contribution in [0.5, 0.6) is 0 Å². The van der Waals surface area contributed by atoms with Crippen molar-refractivity contribution in [2.24, 2.45) is 0 Å². The van der Waals surface area contributed by atoms with E-state index in [0.29, 0.717) is 34.8 Å². The summed E-state index contributed by atoms with van der Waals surface area (Å²) in [6, 6.07) is 4.80. The van der Waals surface area contributed by atoms with Crippen LogP contribution in [0.4, 0.5) is 5.69 Å². The maximum Gasteiger partial charge on any atom is 0.248 e. The van der Waals surface area contributed by atoms with E-state index in [0.717, 1.165) is 0 Å². The van der Waals surface area contributed by atoms with Crippen molar-refractivity contribution in [3.63, 3.8) is 0 Å². The maximum absolute atomic E-state index is 12.4. The Morgan fingerprint density at radius 3 is 3.14 bits per heavy atom. The smallest absolute Gasteiger partial charge is 0.248 e. The molecule has 1 aliphatic rings. The normalized spacial score (nSPS) is 18.1. The lowest BCUT2D eigenvalue weighted by Gasteiger charge is -2.22. The summed E-state index contributed by atoms with van der Waals surface area (Å²) in [4.78, 5) is 25.9. The Hall–Kier alpha value is -2.09. The van der Waals surface area contributed by atoms with Crippen LogP contribution < -0.4 is 5.32 Å². The van der Waals surface area contributed by atoms with Gasteiger partial charge in [0.1, 0.15) is 11.6 Å². The number of amides is 2. The van der Waals surface area contributed by atoms with Crippen LogP contribution in [0.25, 0.3) is 11.0 Å². The number of carbonyl (C=O) groups excluding carboxylic acids is 2. The molecule has 2 heterocycles. The zero-order valence-electron chi connectivity index (χ0n) is 11.4. The summed E-state index contributed by atoms with van der Waals surface area (Å²) < 4.78 is 4.67. The summed E-state index contributed by atoms with van der Waals surface area (Å²) in [5.74, 6) is 0.934. The molecule has 1 atom stereocenters. The second-order valence-electron chi connectivity index (χ2n) is 4.66. The molecular formula is C13H14N4O3S. The predicted octanol–water partition coefficient (Wildman–Crippen LogP) is 1.47. The topological polar surface area (TPSA) is 88.3 Å². The number of carbonyl (C=O) groups is 2. The lowest BCUT2D eigenvalue weighted by molar-refractivity contribution is -0.135. The van der Waals surface area contributed by atoms with Gasteiger partial charge in [-0.2, -0.15) is 0 Å². The lowest BCUT2D eigenvalue weighted by atomic mass is 10.2. The van der Waals surface area contributed by atoms with Gasteiger partial charge in [0.25, 0.3) is 0 Å². The third kappa shape index (κ3) is 2.58. The average molecular weight is 306 g/mol. The van der Waals surface area contributed by atoms with Crippen LogP contribution in [0.1, 0.15) is 13.3 Å². The van der Waals surface area contributed by atoms with Crippen molar-refractivity contribution < 1.29 is 14.2 Å². The highest BCUT2D eigenvalue weighted by atomic mass is 32.2. The molecule has 1 aromatic carbocycles. The first kappa shape index (κ1) is 13.9. The highest BCUT2D eigenvalue weighted by molar-refractivity contribution is 7.99. The molecule has 0 unspecified atom stereocenters. The zero-order valence-corrected chi connectivity index (χ0v) is 12.2. The molecule has 2 aromatic rings. The van der Waals surface area contributed by atoms with E-state index in [2.05, 4.69) is 20.3 Å². The van der Waals surface area contributed by atoms with Gasteiger partial charge in [-0.25, -0.2) is 4.63 Å². The Morgan fingerprint density at radius 1 is 1.48 bits per heavy atom. The van der Waals surface area contributed by atoms with Crippen molar-refractivity contribution in [2.45, 2.75) is 19.4 Å². The monoisotopic (exact) mass is 306 g/mol. The number of hydrogen-bond acceptors (Lipinski definition) is 6. The van der Waals surface area contributed by atoms with E-state index in [4.69, 9.17) is 0 Å². The number of thioether (sulfide) groups is 1. The summed E-state index contributed by atoms with van der Waals surface area (Å²) >= 11 is 1.58. The Kier molecular flexibility index (Phi) is 3.78. The largest absolute Gasteiger partial charge is 0.322 e. The minimum atomic E-state index is -0.447. The van der Waals surface area contributed by atoms with E-state index in [9.17, 15) is 9.59 Å². The predicted molar refractivity (Wildman–Crippen MR) is 78.7 cm³/mol. The van der Waals surface area contributed by atoms with E-state index in [1.807, 2.05) is 0 Å². The van der Waals surface area contributed by atoms with E-state index >= 15 is 0 Å². The van der Waals surface area contributed by atoms with Gasteiger partial charge in [-0.3, -0.25) is 9.59 Å². The Morgan fingerprint density at radius 2 is 2.33 bits per heavy atom. The number of anilines is 1. The van der Waals surface area contributed by atoms with Gasteiger partial charge in [-0.05, 0) is 22.4 Å². The minimum Gasteiger partial charge on any atom is -0.322 e. The number of nitrogens with one attached hydrogen (secondary N) is 1. The van der Waals surface area contributed by atoms with Gasteiger partial charge < -0.3 is 10.2 Å². The van der Waals surface area contributed by atoms with Crippen molar-refractivity contribution in [1.29, 1.82) is 0 Å². The molecular weight excluding hydrogens is 292 g/mol. The quantitative estimate of drug-likeness (QED) is 0.924.